The van der Waals surface area contributed by atoms with Crippen LogP contribution in [0.5, 0.6) is 5.75 Å². The lowest BCUT2D eigenvalue weighted by Crippen LogP contribution is -2.17. The molecule has 1 aromatic heterocycles. The van der Waals surface area contributed by atoms with Crippen LogP contribution in [0.15, 0.2) is 6.33 Å². The van der Waals surface area contributed by atoms with Gasteiger partial charge >= 0.3 is 0 Å². The van der Waals surface area contributed by atoms with Gasteiger partial charge in [0.2, 0.25) is 5.75 Å². The molecule has 1 aromatic rings. The molecule has 2 N–H and O–H groups in total. The first-order valence-electron chi connectivity index (χ1n) is 6.56. The number of unbranched alkanes of at least 4 members (excludes halogenated alkanes) is 2. The first-order valence-corrected chi connectivity index (χ1v) is 6.56. The van der Waals surface area contributed by atoms with Crippen molar-refractivity contribution in [1.82, 2.24) is 9.97 Å². The fourth-order valence-electron chi connectivity index (χ4n) is 1.85. The Morgan fingerprint density at radius 1 is 1.28 bits per heavy atom. The average Bonchev–Trinajstić information content (AvgIpc) is 2.38. The standard InChI is InChI=1S/C13H24N4O/c1-5-6-7-8-10(2)17-13-11(18-4)12(14-3)15-9-16-13/h9-10H,5-8H2,1-4H3,(H2,14,15,16,17). The van der Waals surface area contributed by atoms with Gasteiger partial charge in [-0.1, -0.05) is 26.2 Å². The normalized spacial score (nSPS) is 12.0. The van der Waals surface area contributed by atoms with Crippen molar-refractivity contribution >= 4 is 11.6 Å². The van der Waals surface area contributed by atoms with Crippen LogP contribution in [0.2, 0.25) is 0 Å². The maximum absolute atomic E-state index is 5.34. The number of aromatic nitrogens is 2. The van der Waals surface area contributed by atoms with Gasteiger partial charge in [-0.05, 0) is 13.3 Å². The molecular weight excluding hydrogens is 228 g/mol. The minimum absolute atomic E-state index is 0.380. The van der Waals surface area contributed by atoms with E-state index < -0.39 is 0 Å². The Hall–Kier alpha value is -1.52. The Balaban J connectivity index is 2.65. The van der Waals surface area contributed by atoms with Crippen LogP contribution in [0, 0.1) is 0 Å². The van der Waals surface area contributed by atoms with Crippen LogP contribution in [-0.4, -0.2) is 30.2 Å². The van der Waals surface area contributed by atoms with Gasteiger partial charge in [-0.2, -0.15) is 0 Å². The average molecular weight is 252 g/mol. The SMILES string of the molecule is CCCCCC(C)Nc1ncnc(NC)c1OC. The predicted octanol–water partition coefficient (Wildman–Crippen LogP) is 2.91. The third-order valence-electron chi connectivity index (χ3n) is 2.87. The lowest BCUT2D eigenvalue weighted by atomic mass is 10.1. The number of hydrogen-bond acceptors (Lipinski definition) is 5. The number of nitrogens with one attached hydrogen (secondary N) is 2. The minimum Gasteiger partial charge on any atom is -0.490 e. The van der Waals surface area contributed by atoms with Crippen LogP contribution in [-0.2, 0) is 0 Å². The van der Waals surface area contributed by atoms with Gasteiger partial charge < -0.3 is 15.4 Å². The summed E-state index contributed by atoms with van der Waals surface area (Å²) < 4.78 is 5.34. The Labute approximate surface area is 109 Å². The van der Waals surface area contributed by atoms with E-state index >= 15 is 0 Å². The van der Waals surface area contributed by atoms with Crippen LogP contribution in [0.3, 0.4) is 0 Å². The van der Waals surface area contributed by atoms with E-state index in [1.807, 2.05) is 7.05 Å². The molecule has 0 saturated carbocycles. The van der Waals surface area contributed by atoms with E-state index in [1.54, 1.807) is 7.11 Å². The summed E-state index contributed by atoms with van der Waals surface area (Å²) in [6.07, 6.45) is 6.42. The highest BCUT2D eigenvalue weighted by atomic mass is 16.5. The van der Waals surface area contributed by atoms with E-state index in [0.29, 0.717) is 17.6 Å². The predicted molar refractivity (Wildman–Crippen MR) is 75.4 cm³/mol. The van der Waals surface area contributed by atoms with E-state index in [0.717, 1.165) is 12.2 Å². The van der Waals surface area contributed by atoms with Crippen LogP contribution in [0.4, 0.5) is 11.6 Å². The molecule has 0 radical (unpaired) electrons. The van der Waals surface area contributed by atoms with Crippen molar-refractivity contribution in [3.63, 3.8) is 0 Å². The van der Waals surface area contributed by atoms with Crippen molar-refractivity contribution in [2.24, 2.45) is 0 Å². The maximum Gasteiger partial charge on any atom is 0.204 e. The maximum atomic E-state index is 5.34. The molecule has 0 aliphatic carbocycles. The lowest BCUT2D eigenvalue weighted by Gasteiger charge is -2.17. The molecule has 18 heavy (non-hydrogen) atoms. The van der Waals surface area contributed by atoms with E-state index in [4.69, 9.17) is 4.74 Å². The fraction of sp³-hybridized carbons (Fsp3) is 0.692. The molecule has 0 bridgehead atoms. The third kappa shape index (κ3) is 4.05. The molecule has 0 saturated heterocycles. The second-order valence-electron chi connectivity index (χ2n) is 4.40. The number of anilines is 2. The zero-order chi connectivity index (χ0) is 13.4. The third-order valence-corrected chi connectivity index (χ3v) is 2.87. The van der Waals surface area contributed by atoms with E-state index in [1.165, 1.54) is 25.6 Å². The largest absolute Gasteiger partial charge is 0.490 e. The van der Waals surface area contributed by atoms with Gasteiger partial charge in [0.15, 0.2) is 11.6 Å². The number of hydrogen-bond donors (Lipinski definition) is 2. The molecular formula is C13H24N4O. The summed E-state index contributed by atoms with van der Waals surface area (Å²) in [5.74, 6) is 2.12. The molecule has 102 valence electrons. The van der Waals surface area contributed by atoms with Crippen LogP contribution >= 0.6 is 0 Å². The van der Waals surface area contributed by atoms with Crippen molar-refractivity contribution in [3.8, 4) is 5.75 Å². The monoisotopic (exact) mass is 252 g/mol. The van der Waals surface area contributed by atoms with Crippen molar-refractivity contribution in [2.45, 2.75) is 45.6 Å². The molecule has 5 nitrogen and oxygen atoms in total. The minimum atomic E-state index is 0.380. The Kier molecular flexibility index (Phi) is 6.25. The van der Waals surface area contributed by atoms with Crippen molar-refractivity contribution < 1.29 is 4.74 Å². The van der Waals surface area contributed by atoms with E-state index in [-0.39, 0.29) is 0 Å². The summed E-state index contributed by atoms with van der Waals surface area (Å²) in [7, 11) is 3.45. The van der Waals surface area contributed by atoms with Gasteiger partial charge in [0.05, 0.1) is 7.11 Å². The Bertz CT molecular complexity index is 357. The fourth-order valence-corrected chi connectivity index (χ4v) is 1.85. The second kappa shape index (κ2) is 7.74. The van der Waals surface area contributed by atoms with Crippen molar-refractivity contribution in [2.75, 3.05) is 24.8 Å². The summed E-state index contributed by atoms with van der Waals surface area (Å²) in [6, 6.07) is 0.380. The molecule has 0 fully saturated rings. The van der Waals surface area contributed by atoms with Crippen molar-refractivity contribution in [1.29, 1.82) is 0 Å². The van der Waals surface area contributed by atoms with E-state index in [2.05, 4.69) is 34.4 Å². The summed E-state index contributed by atoms with van der Waals surface area (Å²) in [5.41, 5.74) is 0. The molecule has 0 aliphatic rings. The number of rotatable bonds is 8. The molecule has 0 amide bonds. The van der Waals surface area contributed by atoms with Gasteiger partial charge in [0, 0.05) is 13.1 Å². The number of nitrogens with zero attached hydrogens (tertiary/aromatic N) is 2. The lowest BCUT2D eigenvalue weighted by molar-refractivity contribution is 0.414. The first-order chi connectivity index (χ1) is 8.72. The van der Waals surface area contributed by atoms with E-state index in [9.17, 15) is 0 Å². The van der Waals surface area contributed by atoms with Gasteiger partial charge in [-0.15, -0.1) is 0 Å². The van der Waals surface area contributed by atoms with Crippen LogP contribution in [0.1, 0.15) is 39.5 Å². The zero-order valence-electron chi connectivity index (χ0n) is 11.8. The van der Waals surface area contributed by atoms with Gasteiger partial charge in [-0.25, -0.2) is 9.97 Å². The molecule has 0 aromatic carbocycles. The van der Waals surface area contributed by atoms with Gasteiger partial charge in [-0.3, -0.25) is 0 Å². The van der Waals surface area contributed by atoms with Gasteiger partial charge in [0.25, 0.3) is 0 Å². The second-order valence-corrected chi connectivity index (χ2v) is 4.40. The topological polar surface area (TPSA) is 59.1 Å². The first kappa shape index (κ1) is 14.5. The Morgan fingerprint density at radius 2 is 2.00 bits per heavy atom. The molecule has 1 rings (SSSR count). The summed E-state index contributed by atoms with van der Waals surface area (Å²) in [5, 5.41) is 6.38. The highest BCUT2D eigenvalue weighted by Gasteiger charge is 2.12. The Morgan fingerprint density at radius 3 is 2.61 bits per heavy atom. The molecule has 1 atom stereocenters. The van der Waals surface area contributed by atoms with Gasteiger partial charge in [0.1, 0.15) is 6.33 Å². The quantitative estimate of drug-likeness (QED) is 0.697. The molecule has 1 heterocycles. The van der Waals surface area contributed by atoms with Crippen LogP contribution < -0.4 is 15.4 Å². The number of methoxy groups -OCH3 is 1. The molecule has 0 spiro atoms. The summed E-state index contributed by atoms with van der Waals surface area (Å²) in [4.78, 5) is 8.36. The van der Waals surface area contributed by atoms with Crippen LogP contribution in [0.25, 0.3) is 0 Å². The summed E-state index contributed by atoms with van der Waals surface area (Å²) in [6.45, 7) is 4.38. The van der Waals surface area contributed by atoms with Crippen molar-refractivity contribution in [3.05, 3.63) is 6.33 Å². The smallest absolute Gasteiger partial charge is 0.204 e. The number of ether oxygens (including phenoxy) is 1. The molecule has 5 heteroatoms. The molecule has 0 aliphatic heterocycles. The zero-order valence-corrected chi connectivity index (χ0v) is 11.8. The highest BCUT2D eigenvalue weighted by molar-refractivity contribution is 5.63. The molecule has 1 unspecified atom stereocenters. The summed E-state index contributed by atoms with van der Waals surface area (Å²) >= 11 is 0. The highest BCUT2D eigenvalue weighted by Crippen LogP contribution is 2.29.